The van der Waals surface area contributed by atoms with Crippen LogP contribution >= 0.6 is 34.8 Å². The van der Waals surface area contributed by atoms with E-state index in [1.807, 2.05) is 0 Å². The zero-order chi connectivity index (χ0) is 22.0. The summed E-state index contributed by atoms with van der Waals surface area (Å²) in [7, 11) is 0. The maximum Gasteiger partial charge on any atom is 0.363 e. The molecule has 154 valence electrons. The number of esters is 2. The maximum absolute atomic E-state index is 12.6. The van der Waals surface area contributed by atoms with Crippen molar-refractivity contribution in [3.05, 3.63) is 104 Å². The Morgan fingerprint density at radius 2 is 1.65 bits per heavy atom. The molecule has 1 aliphatic rings. The third kappa shape index (κ3) is 4.80. The second kappa shape index (κ2) is 8.94. The number of cyclic esters (lactones) is 1. The van der Waals surface area contributed by atoms with Crippen LogP contribution in [0.1, 0.15) is 21.5 Å². The molecular formula is C23H12Cl3NO4. The first kappa shape index (κ1) is 21.1. The molecule has 3 aromatic carbocycles. The molecule has 0 bridgehead atoms. The number of halogens is 3. The molecule has 4 rings (SSSR count). The first-order valence-corrected chi connectivity index (χ1v) is 10.1. The van der Waals surface area contributed by atoms with Crippen molar-refractivity contribution in [2.45, 2.75) is 0 Å². The van der Waals surface area contributed by atoms with Gasteiger partial charge in [-0.3, -0.25) is 0 Å². The van der Waals surface area contributed by atoms with Gasteiger partial charge in [0.05, 0.1) is 10.6 Å². The van der Waals surface area contributed by atoms with Crippen molar-refractivity contribution in [1.29, 1.82) is 0 Å². The highest BCUT2D eigenvalue weighted by atomic mass is 35.5. The second-order valence-electron chi connectivity index (χ2n) is 6.39. The van der Waals surface area contributed by atoms with Crippen molar-refractivity contribution >= 4 is 58.7 Å². The lowest BCUT2D eigenvalue weighted by atomic mass is 10.1. The number of hydrogen-bond acceptors (Lipinski definition) is 5. The molecule has 0 saturated carbocycles. The number of aliphatic imine (C=N–C) groups is 1. The predicted octanol–water partition coefficient (Wildman–Crippen LogP) is 6.21. The van der Waals surface area contributed by atoms with Crippen molar-refractivity contribution < 1.29 is 19.1 Å². The number of benzene rings is 3. The fraction of sp³-hybridized carbons (Fsp3) is 0. The Labute approximate surface area is 192 Å². The van der Waals surface area contributed by atoms with Crippen LogP contribution in [0.5, 0.6) is 5.75 Å². The molecule has 0 radical (unpaired) electrons. The molecule has 0 spiro atoms. The Kier molecular flexibility index (Phi) is 6.09. The Morgan fingerprint density at radius 1 is 0.935 bits per heavy atom. The predicted molar refractivity (Wildman–Crippen MR) is 120 cm³/mol. The van der Waals surface area contributed by atoms with Crippen molar-refractivity contribution in [2.24, 2.45) is 4.99 Å². The fourth-order valence-corrected chi connectivity index (χ4v) is 3.39. The van der Waals surface area contributed by atoms with Gasteiger partial charge in [-0.1, -0.05) is 53.0 Å². The van der Waals surface area contributed by atoms with Crippen molar-refractivity contribution in [1.82, 2.24) is 0 Å². The SMILES string of the molecule is O=C1OC(c2ccc(Cl)cc2)=N/C1=C/c1ccccc1OC(=O)c1ccc(Cl)cc1Cl. The minimum absolute atomic E-state index is 0.0676. The molecule has 0 atom stereocenters. The molecule has 1 heterocycles. The lowest BCUT2D eigenvalue weighted by molar-refractivity contribution is -0.129. The monoisotopic (exact) mass is 471 g/mol. The summed E-state index contributed by atoms with van der Waals surface area (Å²) in [5.74, 6) is -0.886. The van der Waals surface area contributed by atoms with Crippen LogP contribution in [0.4, 0.5) is 0 Å². The van der Waals surface area contributed by atoms with Gasteiger partial charge in [0.25, 0.3) is 0 Å². The lowest BCUT2D eigenvalue weighted by Crippen LogP contribution is -2.10. The number of para-hydroxylation sites is 1. The summed E-state index contributed by atoms with van der Waals surface area (Å²) in [6, 6.07) is 17.9. The topological polar surface area (TPSA) is 65.0 Å². The lowest BCUT2D eigenvalue weighted by Gasteiger charge is -2.09. The van der Waals surface area contributed by atoms with Gasteiger partial charge in [-0.2, -0.15) is 0 Å². The minimum atomic E-state index is -0.660. The molecular weight excluding hydrogens is 461 g/mol. The van der Waals surface area contributed by atoms with Crippen LogP contribution in [0, 0.1) is 0 Å². The number of hydrogen-bond donors (Lipinski definition) is 0. The average molecular weight is 473 g/mol. The van der Waals surface area contributed by atoms with E-state index in [1.165, 1.54) is 18.2 Å². The van der Waals surface area contributed by atoms with Crippen LogP contribution in [-0.4, -0.2) is 17.8 Å². The smallest absolute Gasteiger partial charge is 0.363 e. The Balaban J connectivity index is 1.62. The molecule has 0 saturated heterocycles. The summed E-state index contributed by atoms with van der Waals surface area (Å²) in [6.45, 7) is 0. The Hall–Kier alpha value is -3.12. The van der Waals surface area contributed by atoms with Gasteiger partial charge < -0.3 is 9.47 Å². The van der Waals surface area contributed by atoms with Gasteiger partial charge in [0.15, 0.2) is 5.70 Å². The summed E-state index contributed by atoms with van der Waals surface area (Å²) in [6.07, 6.45) is 1.48. The molecule has 0 fully saturated rings. The quantitative estimate of drug-likeness (QED) is 0.257. The van der Waals surface area contributed by atoms with Crippen LogP contribution in [0.2, 0.25) is 15.1 Å². The van der Waals surface area contributed by atoms with Gasteiger partial charge in [-0.05, 0) is 54.6 Å². The molecule has 0 amide bonds. The minimum Gasteiger partial charge on any atom is -0.422 e. The zero-order valence-corrected chi connectivity index (χ0v) is 17.9. The van der Waals surface area contributed by atoms with Gasteiger partial charge in [0, 0.05) is 21.2 Å². The van der Waals surface area contributed by atoms with Gasteiger partial charge in [0.1, 0.15) is 5.75 Å². The molecule has 0 N–H and O–H groups in total. The van der Waals surface area contributed by atoms with E-state index in [0.717, 1.165) is 0 Å². The summed E-state index contributed by atoms with van der Waals surface area (Å²) >= 11 is 17.8. The number of carbonyl (C=O) groups excluding carboxylic acids is 2. The molecule has 3 aromatic rings. The van der Waals surface area contributed by atoms with E-state index in [1.54, 1.807) is 54.6 Å². The van der Waals surface area contributed by atoms with Crippen LogP contribution in [0.15, 0.2) is 77.4 Å². The highest BCUT2D eigenvalue weighted by Gasteiger charge is 2.25. The summed E-state index contributed by atoms with van der Waals surface area (Å²) in [4.78, 5) is 29.1. The number of ether oxygens (including phenoxy) is 2. The molecule has 0 aliphatic carbocycles. The average Bonchev–Trinajstić information content (AvgIpc) is 3.10. The van der Waals surface area contributed by atoms with E-state index in [4.69, 9.17) is 44.3 Å². The van der Waals surface area contributed by atoms with Crippen molar-refractivity contribution in [3.8, 4) is 5.75 Å². The number of carbonyl (C=O) groups is 2. The molecule has 1 aliphatic heterocycles. The standard InChI is InChI=1S/C23H12Cl3NO4/c24-15-7-5-13(6-8-15)21-27-19(23(29)31-21)11-14-3-1-2-4-20(14)30-22(28)17-10-9-16(25)12-18(17)26/h1-12H/b19-11+. The van der Waals surface area contributed by atoms with Crippen LogP contribution in [0.25, 0.3) is 6.08 Å². The number of nitrogens with zero attached hydrogens (tertiary/aromatic N) is 1. The fourth-order valence-electron chi connectivity index (χ4n) is 2.77. The highest BCUT2D eigenvalue weighted by molar-refractivity contribution is 6.36. The molecule has 5 nitrogen and oxygen atoms in total. The highest BCUT2D eigenvalue weighted by Crippen LogP contribution is 2.27. The Morgan fingerprint density at radius 3 is 2.39 bits per heavy atom. The first-order chi connectivity index (χ1) is 14.9. The molecule has 0 aromatic heterocycles. The first-order valence-electron chi connectivity index (χ1n) is 8.95. The van der Waals surface area contributed by atoms with Gasteiger partial charge in [-0.15, -0.1) is 0 Å². The van der Waals surface area contributed by atoms with Crippen LogP contribution in [-0.2, 0) is 9.53 Å². The molecule has 0 unspecified atom stereocenters. The molecule has 8 heteroatoms. The third-order valence-corrected chi connectivity index (χ3v) is 5.08. The van der Waals surface area contributed by atoms with Gasteiger partial charge >= 0.3 is 11.9 Å². The van der Waals surface area contributed by atoms with Crippen LogP contribution < -0.4 is 4.74 Å². The summed E-state index contributed by atoms with van der Waals surface area (Å²) in [5, 5.41) is 1.13. The van der Waals surface area contributed by atoms with Gasteiger partial charge in [0.2, 0.25) is 5.90 Å². The third-order valence-electron chi connectivity index (χ3n) is 4.28. The van der Waals surface area contributed by atoms with E-state index >= 15 is 0 Å². The van der Waals surface area contributed by atoms with Crippen LogP contribution in [0.3, 0.4) is 0 Å². The number of rotatable bonds is 4. The molecule has 31 heavy (non-hydrogen) atoms. The van der Waals surface area contributed by atoms with Crippen molar-refractivity contribution in [2.75, 3.05) is 0 Å². The van der Waals surface area contributed by atoms with E-state index in [9.17, 15) is 9.59 Å². The Bertz CT molecular complexity index is 1250. The van der Waals surface area contributed by atoms with E-state index in [2.05, 4.69) is 4.99 Å². The van der Waals surface area contributed by atoms with Crippen molar-refractivity contribution in [3.63, 3.8) is 0 Å². The second-order valence-corrected chi connectivity index (χ2v) is 7.67. The zero-order valence-electron chi connectivity index (χ0n) is 15.6. The maximum atomic E-state index is 12.6. The van der Waals surface area contributed by atoms with E-state index in [-0.39, 0.29) is 27.9 Å². The summed E-state index contributed by atoms with van der Waals surface area (Å²) < 4.78 is 10.7. The normalized spacial score (nSPS) is 14.4. The van der Waals surface area contributed by atoms with E-state index in [0.29, 0.717) is 21.2 Å². The van der Waals surface area contributed by atoms with E-state index < -0.39 is 11.9 Å². The van der Waals surface area contributed by atoms with Gasteiger partial charge in [-0.25, -0.2) is 14.6 Å². The largest absolute Gasteiger partial charge is 0.422 e. The summed E-state index contributed by atoms with van der Waals surface area (Å²) in [5.41, 5.74) is 1.31.